The number of amides is 4. The van der Waals surface area contributed by atoms with Crippen LogP contribution in [0, 0.1) is 11.8 Å². The number of nitrogens with zero attached hydrogens (tertiary/aromatic N) is 1. The van der Waals surface area contributed by atoms with Gasteiger partial charge in [-0.2, -0.15) is 0 Å². The number of urea groups is 1. The molecule has 0 aromatic heterocycles. The Morgan fingerprint density at radius 3 is 2.38 bits per heavy atom. The summed E-state index contributed by atoms with van der Waals surface area (Å²) in [5.74, 6) is -1.69. The smallest absolute Gasteiger partial charge is 0.325 e. The van der Waals surface area contributed by atoms with Gasteiger partial charge in [0, 0.05) is 6.04 Å². The van der Waals surface area contributed by atoms with Crippen LogP contribution >= 0.6 is 0 Å². The van der Waals surface area contributed by atoms with Crippen molar-refractivity contribution in [2.75, 3.05) is 6.54 Å². The van der Waals surface area contributed by atoms with E-state index in [1.807, 2.05) is 0 Å². The first-order valence-electron chi connectivity index (χ1n) is 8.47. The first-order chi connectivity index (χ1) is 11.3. The monoisotopic (exact) mass is 337 g/mol. The molecule has 0 aromatic carbocycles. The second kappa shape index (κ2) is 6.07. The van der Waals surface area contributed by atoms with Gasteiger partial charge < -0.3 is 15.7 Å². The Labute approximate surface area is 139 Å². The van der Waals surface area contributed by atoms with Crippen molar-refractivity contribution in [2.45, 2.75) is 57.0 Å². The lowest BCUT2D eigenvalue weighted by molar-refractivity contribution is -0.143. The minimum absolute atomic E-state index is 0.0938. The molecular weight excluding hydrogens is 314 g/mol. The first kappa shape index (κ1) is 16.7. The van der Waals surface area contributed by atoms with Crippen LogP contribution in [0.25, 0.3) is 0 Å². The molecule has 1 heterocycles. The third kappa shape index (κ3) is 3.09. The van der Waals surface area contributed by atoms with E-state index in [1.54, 1.807) is 6.92 Å². The molecular formula is C16H23N3O5. The highest BCUT2D eigenvalue weighted by Crippen LogP contribution is 2.42. The summed E-state index contributed by atoms with van der Waals surface area (Å²) in [5, 5.41) is 14.5. The lowest BCUT2D eigenvalue weighted by atomic mass is 9.86. The fraction of sp³-hybridized carbons (Fsp3) is 0.750. The van der Waals surface area contributed by atoms with Crippen LogP contribution < -0.4 is 10.6 Å². The predicted molar refractivity (Wildman–Crippen MR) is 82.9 cm³/mol. The Balaban J connectivity index is 1.51. The molecule has 0 radical (unpaired) electrons. The van der Waals surface area contributed by atoms with Crippen molar-refractivity contribution in [2.24, 2.45) is 11.8 Å². The third-order valence-corrected chi connectivity index (χ3v) is 5.44. The van der Waals surface area contributed by atoms with Crippen LogP contribution in [0.15, 0.2) is 0 Å². The highest BCUT2D eigenvalue weighted by atomic mass is 16.4. The summed E-state index contributed by atoms with van der Waals surface area (Å²) in [7, 11) is 0. The lowest BCUT2D eigenvalue weighted by Gasteiger charge is -2.27. The fourth-order valence-electron chi connectivity index (χ4n) is 3.70. The number of carboxylic acid groups (broad SMARTS) is 1. The summed E-state index contributed by atoms with van der Waals surface area (Å²) >= 11 is 0. The Bertz CT molecular complexity index is 580. The maximum absolute atomic E-state index is 12.5. The van der Waals surface area contributed by atoms with E-state index in [0.29, 0.717) is 25.7 Å². The summed E-state index contributed by atoms with van der Waals surface area (Å²) in [4.78, 5) is 48.6. The van der Waals surface area contributed by atoms with Crippen LogP contribution in [0.3, 0.4) is 0 Å². The van der Waals surface area contributed by atoms with Gasteiger partial charge in [-0.15, -0.1) is 0 Å². The Morgan fingerprint density at radius 2 is 1.83 bits per heavy atom. The maximum atomic E-state index is 12.5. The molecule has 4 amide bonds. The Morgan fingerprint density at radius 1 is 1.21 bits per heavy atom. The molecule has 2 saturated carbocycles. The molecule has 0 aromatic rings. The number of imide groups is 1. The van der Waals surface area contributed by atoms with Gasteiger partial charge in [-0.05, 0) is 51.4 Å². The Hall–Kier alpha value is -2.12. The van der Waals surface area contributed by atoms with Gasteiger partial charge in [0.15, 0.2) is 0 Å². The van der Waals surface area contributed by atoms with Crippen molar-refractivity contribution in [3.8, 4) is 0 Å². The Kier molecular flexibility index (Phi) is 4.23. The summed E-state index contributed by atoms with van der Waals surface area (Å²) in [5.41, 5.74) is -0.878. The number of carbonyl (C=O) groups is 4. The minimum atomic E-state index is -0.878. The van der Waals surface area contributed by atoms with Crippen LogP contribution in [0.4, 0.5) is 4.79 Å². The number of hydrogen-bond donors (Lipinski definition) is 3. The van der Waals surface area contributed by atoms with Crippen LogP contribution in [0.1, 0.15) is 45.4 Å². The van der Waals surface area contributed by atoms with E-state index in [0.717, 1.165) is 17.7 Å². The van der Waals surface area contributed by atoms with Gasteiger partial charge in [0.05, 0.1) is 5.92 Å². The molecule has 1 atom stereocenters. The van der Waals surface area contributed by atoms with Crippen LogP contribution in [-0.2, 0) is 14.4 Å². The molecule has 24 heavy (non-hydrogen) atoms. The van der Waals surface area contributed by atoms with Crippen LogP contribution in [-0.4, -0.2) is 51.9 Å². The number of carboxylic acids is 1. The number of rotatable bonds is 5. The minimum Gasteiger partial charge on any atom is -0.481 e. The quantitative estimate of drug-likeness (QED) is 0.631. The van der Waals surface area contributed by atoms with E-state index >= 15 is 0 Å². The van der Waals surface area contributed by atoms with E-state index in [-0.39, 0.29) is 36.2 Å². The standard InChI is InChI=1S/C16H23N3O5/c1-16(10-4-5-10)14(23)19(15(24)18-16)8-12(20)17-11-6-2-9(3-7-11)13(21)22/h9-11H,2-8H2,1H3,(H,17,20)(H,18,24)(H,21,22). The SMILES string of the molecule is CC1(C2CC2)NC(=O)N(CC(=O)NC2CCC(C(=O)O)CC2)C1=O. The largest absolute Gasteiger partial charge is 0.481 e. The van der Waals surface area contributed by atoms with E-state index in [9.17, 15) is 19.2 Å². The summed E-state index contributed by atoms with van der Waals surface area (Å²) in [6.45, 7) is 1.43. The molecule has 0 bridgehead atoms. The van der Waals surface area contributed by atoms with Crippen LogP contribution in [0.5, 0.6) is 0 Å². The second-order valence-electron chi connectivity index (χ2n) is 7.25. The molecule has 3 aliphatic rings. The fourth-order valence-corrected chi connectivity index (χ4v) is 3.70. The van der Waals surface area contributed by atoms with Gasteiger partial charge in [-0.25, -0.2) is 4.79 Å². The predicted octanol–water partition coefficient (Wildman–Crippen LogP) is 0.467. The zero-order chi connectivity index (χ0) is 17.5. The second-order valence-corrected chi connectivity index (χ2v) is 7.25. The highest BCUT2D eigenvalue weighted by Gasteiger charge is 2.56. The molecule has 8 heteroatoms. The molecule has 1 aliphatic heterocycles. The molecule has 2 aliphatic carbocycles. The van der Waals surface area contributed by atoms with Gasteiger partial charge in [0.25, 0.3) is 5.91 Å². The van der Waals surface area contributed by atoms with Crippen LogP contribution in [0.2, 0.25) is 0 Å². The zero-order valence-corrected chi connectivity index (χ0v) is 13.7. The zero-order valence-electron chi connectivity index (χ0n) is 13.7. The van der Waals surface area contributed by atoms with Gasteiger partial charge in [0.2, 0.25) is 5.91 Å². The molecule has 8 nitrogen and oxygen atoms in total. The molecule has 3 fully saturated rings. The van der Waals surface area contributed by atoms with Crippen molar-refractivity contribution in [3.05, 3.63) is 0 Å². The average molecular weight is 337 g/mol. The first-order valence-corrected chi connectivity index (χ1v) is 8.47. The van der Waals surface area contributed by atoms with Gasteiger partial charge in [-0.1, -0.05) is 0 Å². The number of nitrogens with one attached hydrogen (secondary N) is 2. The van der Waals surface area contributed by atoms with E-state index in [4.69, 9.17) is 5.11 Å². The normalized spacial score (nSPS) is 33.3. The number of aliphatic carboxylic acids is 1. The topological polar surface area (TPSA) is 116 Å². The van der Waals surface area contributed by atoms with Crippen molar-refractivity contribution < 1.29 is 24.3 Å². The van der Waals surface area contributed by atoms with Gasteiger partial charge >= 0.3 is 12.0 Å². The van der Waals surface area contributed by atoms with Crippen molar-refractivity contribution in [1.82, 2.24) is 15.5 Å². The van der Waals surface area contributed by atoms with Gasteiger partial charge in [-0.3, -0.25) is 19.3 Å². The molecule has 1 saturated heterocycles. The molecule has 1 unspecified atom stereocenters. The van der Waals surface area contributed by atoms with E-state index in [2.05, 4.69) is 10.6 Å². The van der Waals surface area contributed by atoms with Crippen molar-refractivity contribution >= 4 is 23.8 Å². The average Bonchev–Trinajstić information content (AvgIpc) is 3.34. The van der Waals surface area contributed by atoms with Crippen molar-refractivity contribution in [3.63, 3.8) is 0 Å². The molecule has 0 spiro atoms. The molecule has 132 valence electrons. The lowest BCUT2D eigenvalue weighted by Crippen LogP contribution is -2.48. The van der Waals surface area contributed by atoms with E-state index < -0.39 is 17.5 Å². The number of hydrogen-bond acceptors (Lipinski definition) is 4. The number of carbonyl (C=O) groups excluding carboxylic acids is 3. The molecule has 3 rings (SSSR count). The van der Waals surface area contributed by atoms with Gasteiger partial charge in [0.1, 0.15) is 12.1 Å². The summed E-state index contributed by atoms with van der Waals surface area (Å²) < 4.78 is 0. The molecule has 3 N–H and O–H groups in total. The van der Waals surface area contributed by atoms with Crippen molar-refractivity contribution in [1.29, 1.82) is 0 Å². The third-order valence-electron chi connectivity index (χ3n) is 5.44. The van der Waals surface area contributed by atoms with E-state index in [1.165, 1.54) is 0 Å². The summed E-state index contributed by atoms with van der Waals surface area (Å²) in [6, 6.07) is -0.609. The summed E-state index contributed by atoms with van der Waals surface area (Å²) in [6.07, 6.45) is 4.09. The highest BCUT2D eigenvalue weighted by molar-refractivity contribution is 6.09. The maximum Gasteiger partial charge on any atom is 0.325 e.